The van der Waals surface area contributed by atoms with Gasteiger partial charge in [0.15, 0.2) is 6.20 Å². The van der Waals surface area contributed by atoms with Gasteiger partial charge in [0.2, 0.25) is 6.54 Å². The zero-order chi connectivity index (χ0) is 53.5. The van der Waals surface area contributed by atoms with Crippen LogP contribution < -0.4 is 25.3 Å². The molecule has 0 aliphatic heterocycles. The zero-order valence-corrected chi connectivity index (χ0v) is 43.0. The maximum Gasteiger partial charge on any atom is 0.421 e. The highest BCUT2D eigenvalue weighted by atomic mass is 35.5. The second kappa shape index (κ2) is 21.0. The Morgan fingerprint density at radius 1 is 0.840 bits per heavy atom. The number of nitrogens with one attached hydrogen (secondary N) is 1. The molecule has 9 aromatic rings. The maximum atomic E-state index is 15.3. The van der Waals surface area contributed by atoms with Crippen molar-refractivity contribution in [1.82, 2.24) is 39.2 Å². The summed E-state index contributed by atoms with van der Waals surface area (Å²) in [5, 5.41) is 5.43. The van der Waals surface area contributed by atoms with Gasteiger partial charge in [-0.25, -0.2) is 19.3 Å². The first-order valence-electron chi connectivity index (χ1n) is 23.4. The summed E-state index contributed by atoms with van der Waals surface area (Å²) in [6, 6.07) is 21.1. The number of para-hydroxylation sites is 2. The Morgan fingerprint density at radius 3 is 2.16 bits per heavy atom. The van der Waals surface area contributed by atoms with Gasteiger partial charge in [-0.1, -0.05) is 54.0 Å². The SMILES string of the molecule is C=C/C(F)=C(/c1cc(C)nc2c(OCc3c(Cl)cc(C[n+]4cc(C)c(-c5cc(C)nc6c(OCc7c(Cl)ccnc7Cn7oc(C)cc7=O)cccc56)[nH]4)nc3Cn3cccc(C(F)(F)F)c3=O)cccc12)N(C)C. The van der Waals surface area contributed by atoms with E-state index < -0.39 is 23.1 Å². The molecule has 7 heterocycles. The van der Waals surface area contributed by atoms with Crippen LogP contribution in [0.25, 0.3) is 38.8 Å². The van der Waals surface area contributed by atoms with E-state index in [4.69, 9.17) is 52.2 Å². The lowest BCUT2D eigenvalue weighted by molar-refractivity contribution is -0.742. The number of halogens is 6. The van der Waals surface area contributed by atoms with Gasteiger partial charge in [-0.15, -0.1) is 4.68 Å². The van der Waals surface area contributed by atoms with E-state index in [1.54, 1.807) is 80.1 Å². The second-order valence-corrected chi connectivity index (χ2v) is 18.9. The molecule has 1 N–H and O–H groups in total. The number of nitrogens with zero attached hydrogens (tertiary/aromatic N) is 8. The topological polar surface area (TPSA) is 150 Å². The van der Waals surface area contributed by atoms with Crippen LogP contribution in [0.2, 0.25) is 10.0 Å². The van der Waals surface area contributed by atoms with Gasteiger partial charge in [0.25, 0.3) is 11.1 Å². The normalized spacial score (nSPS) is 12.1. The van der Waals surface area contributed by atoms with Gasteiger partial charge in [-0.05, 0) is 82.3 Å². The number of benzene rings is 2. The Morgan fingerprint density at radius 2 is 1.51 bits per heavy atom. The summed E-state index contributed by atoms with van der Waals surface area (Å²) < 4.78 is 79.6. The number of H-pyrrole nitrogens is 1. The smallest absolute Gasteiger partial charge is 0.421 e. The second-order valence-electron chi connectivity index (χ2n) is 18.0. The number of pyridine rings is 5. The third-order valence-electron chi connectivity index (χ3n) is 12.4. The molecule has 0 aliphatic rings. The van der Waals surface area contributed by atoms with Gasteiger partial charge in [-0.2, -0.15) is 23.0 Å². The Balaban J connectivity index is 1.04. The van der Waals surface area contributed by atoms with Gasteiger partial charge in [0, 0.05) is 82.5 Å². The lowest BCUT2D eigenvalue weighted by atomic mass is 10.0. The summed E-state index contributed by atoms with van der Waals surface area (Å²) in [7, 11) is 3.44. The van der Waals surface area contributed by atoms with Crippen molar-refractivity contribution in [1.29, 1.82) is 0 Å². The van der Waals surface area contributed by atoms with Crippen LogP contribution in [0, 0.1) is 27.7 Å². The number of aromatic amines is 1. The molecule has 0 saturated carbocycles. The minimum absolute atomic E-state index is 0.0161. The van der Waals surface area contributed by atoms with Crippen LogP contribution in [-0.2, 0) is 39.0 Å². The van der Waals surface area contributed by atoms with E-state index in [0.717, 1.165) is 45.0 Å². The van der Waals surface area contributed by atoms with E-state index in [0.29, 0.717) is 78.2 Å². The molecule has 0 aliphatic carbocycles. The number of rotatable bonds is 16. The molecular weight excluding hydrogens is 1010 g/mol. The lowest BCUT2D eigenvalue weighted by Crippen LogP contribution is -2.36. The number of aryl methyl sites for hydroxylation is 4. The van der Waals surface area contributed by atoms with Crippen molar-refractivity contribution >= 4 is 50.7 Å². The highest BCUT2D eigenvalue weighted by Crippen LogP contribution is 2.37. The third-order valence-corrected chi connectivity index (χ3v) is 13.1. The molecule has 20 heteroatoms. The van der Waals surface area contributed by atoms with E-state index in [-0.39, 0.29) is 54.8 Å². The summed E-state index contributed by atoms with van der Waals surface area (Å²) in [5.41, 5.74) is 4.69. The summed E-state index contributed by atoms with van der Waals surface area (Å²) in [5.74, 6) is 0.732. The van der Waals surface area contributed by atoms with Crippen molar-refractivity contribution in [3.63, 3.8) is 0 Å². The molecule has 14 nitrogen and oxygen atoms in total. The van der Waals surface area contributed by atoms with E-state index in [1.807, 2.05) is 44.3 Å². The number of aromatic nitrogens is 8. The molecule has 7 aromatic heterocycles. The van der Waals surface area contributed by atoms with Gasteiger partial charge in [0.05, 0.1) is 33.7 Å². The summed E-state index contributed by atoms with van der Waals surface area (Å²) in [6.07, 6.45) is 0.933. The molecule has 2 aromatic carbocycles. The number of hydrogen-bond acceptors (Lipinski definition) is 10. The van der Waals surface area contributed by atoms with Crippen LogP contribution in [0.5, 0.6) is 11.5 Å². The molecule has 0 amide bonds. The molecule has 0 atom stereocenters. The molecule has 0 spiro atoms. The number of fused-ring (bicyclic) bond motifs is 2. The monoisotopic (exact) mass is 1060 g/mol. The van der Waals surface area contributed by atoms with E-state index in [2.05, 4.69) is 16.7 Å². The Kier molecular flexibility index (Phi) is 14.5. The average molecular weight is 1060 g/mol. The highest BCUT2D eigenvalue weighted by molar-refractivity contribution is 6.31. The third kappa shape index (κ3) is 10.8. The molecule has 0 unspecified atom stereocenters. The van der Waals surface area contributed by atoms with Crippen molar-refractivity contribution in [3.05, 3.63) is 209 Å². The predicted octanol–water partition coefficient (Wildman–Crippen LogP) is 11.0. The van der Waals surface area contributed by atoms with Crippen LogP contribution in [-0.4, -0.2) is 53.3 Å². The largest absolute Gasteiger partial charge is 0.486 e. The zero-order valence-electron chi connectivity index (χ0n) is 41.4. The number of ether oxygens (including phenoxy) is 2. The van der Waals surface area contributed by atoms with Crippen LogP contribution in [0.1, 0.15) is 62.0 Å². The van der Waals surface area contributed by atoms with Gasteiger partial charge < -0.3 is 23.5 Å². The first-order chi connectivity index (χ1) is 35.8. The van der Waals surface area contributed by atoms with E-state index in [1.165, 1.54) is 17.0 Å². The fourth-order valence-corrected chi connectivity index (χ4v) is 9.50. The fourth-order valence-electron chi connectivity index (χ4n) is 8.99. The molecule has 0 fully saturated rings. The van der Waals surface area contributed by atoms with Crippen molar-refractivity contribution in [2.24, 2.45) is 0 Å². The molecule has 75 heavy (non-hydrogen) atoms. The summed E-state index contributed by atoms with van der Waals surface area (Å²) in [4.78, 5) is 46.4. The molecule has 0 radical (unpaired) electrons. The summed E-state index contributed by atoms with van der Waals surface area (Å²) in [6.45, 7) is 10.5. The van der Waals surface area contributed by atoms with Crippen molar-refractivity contribution in [2.75, 3.05) is 14.1 Å². The standard InChI is InChI=1S/C55H47Cl2F4N9O5/c1-8-44(58)53(67(6)7)38-21-32(4)64-52-36(38)13-10-16-48(52)74-29-40-43(57)23-34(65-46(40)26-68-19-11-14-41(54(68)72)55(59,60)61)25-69-24-30(2)50(66-69)37-20-31(3)63-51-35(37)12-9-15-47(51)73-28-39-42(56)17-18-62-45(39)27-70-49(71)22-33(5)75-70/h8-24H,1,25-29H2,2-7H3/p+1/b53-44+. The van der Waals surface area contributed by atoms with E-state index >= 15 is 4.39 Å². The fraction of sp³-hybridized carbons (Fsp3) is 0.218. The minimum Gasteiger partial charge on any atom is -0.486 e. The van der Waals surface area contributed by atoms with Gasteiger partial charge >= 0.3 is 6.18 Å². The van der Waals surface area contributed by atoms with Gasteiger partial charge in [-0.3, -0.25) is 14.6 Å². The number of alkyl halides is 3. The molecule has 0 bridgehead atoms. The van der Waals surface area contributed by atoms with Crippen LogP contribution in [0.15, 0.2) is 130 Å². The first kappa shape index (κ1) is 51.8. The first-order valence-corrected chi connectivity index (χ1v) is 24.1. The molecular formula is C55H48Cl2F4N9O5+. The predicted molar refractivity (Wildman–Crippen MR) is 277 cm³/mol. The number of hydrogen-bond donors (Lipinski definition) is 1. The van der Waals surface area contributed by atoms with E-state index in [9.17, 15) is 22.8 Å². The Bertz CT molecular complexity index is 3860. The van der Waals surface area contributed by atoms with Gasteiger partial charge in [0.1, 0.15) is 70.8 Å². The maximum absolute atomic E-state index is 15.3. The van der Waals surface area contributed by atoms with Crippen molar-refractivity contribution < 1.29 is 36.2 Å². The quantitative estimate of drug-likeness (QED) is 0.0563. The average Bonchev–Trinajstić information content (AvgIpc) is 3.88. The van der Waals surface area contributed by atoms with Crippen LogP contribution >= 0.6 is 23.2 Å². The Labute approximate surface area is 436 Å². The minimum atomic E-state index is -4.90. The highest BCUT2D eigenvalue weighted by Gasteiger charge is 2.34. The number of allylic oxidation sites excluding steroid dienone is 2. The Hall–Kier alpha value is -8.09. The van der Waals surface area contributed by atoms with Crippen LogP contribution in [0.3, 0.4) is 0 Å². The molecule has 0 saturated heterocycles. The molecule has 384 valence electrons. The van der Waals surface area contributed by atoms with Crippen molar-refractivity contribution in [2.45, 2.75) is 66.7 Å². The molecule has 9 rings (SSSR count). The lowest BCUT2D eigenvalue weighted by Gasteiger charge is -2.21. The van der Waals surface area contributed by atoms with Crippen LogP contribution in [0.4, 0.5) is 17.6 Å². The summed E-state index contributed by atoms with van der Waals surface area (Å²) >= 11 is 13.8. The van der Waals surface area contributed by atoms with Crippen molar-refractivity contribution in [3.8, 4) is 22.8 Å².